The minimum Gasteiger partial charge on any atom is -0.294 e. The SMILES string of the molecule is NNC(=O)CCCCCCC(=O)NN(N1C(=O)CCC1=O)N1C(=O)CCC1=O. The molecule has 0 radical (unpaired) electrons. The Morgan fingerprint density at radius 3 is 1.54 bits per heavy atom. The molecule has 12 heteroatoms. The van der Waals surface area contributed by atoms with Crippen molar-refractivity contribution >= 4 is 35.4 Å². The monoisotopic (exact) mass is 396 g/mol. The van der Waals surface area contributed by atoms with E-state index in [1.165, 1.54) is 0 Å². The summed E-state index contributed by atoms with van der Waals surface area (Å²) < 4.78 is 0. The van der Waals surface area contributed by atoms with Gasteiger partial charge in [-0.2, -0.15) is 10.0 Å². The van der Waals surface area contributed by atoms with Crippen LogP contribution in [-0.2, 0) is 28.8 Å². The van der Waals surface area contributed by atoms with Crippen LogP contribution in [-0.4, -0.2) is 50.7 Å². The Labute approximate surface area is 161 Å². The van der Waals surface area contributed by atoms with Crippen LogP contribution in [0.5, 0.6) is 0 Å². The highest BCUT2D eigenvalue weighted by Crippen LogP contribution is 2.20. The lowest BCUT2D eigenvalue weighted by Crippen LogP contribution is -2.64. The second-order valence-corrected chi connectivity index (χ2v) is 6.50. The van der Waals surface area contributed by atoms with Gasteiger partial charge in [0.05, 0.1) is 0 Å². The first kappa shape index (κ1) is 21.4. The van der Waals surface area contributed by atoms with Gasteiger partial charge in [0.15, 0.2) is 0 Å². The molecule has 2 aliphatic rings. The van der Waals surface area contributed by atoms with Crippen molar-refractivity contribution in [2.75, 3.05) is 0 Å². The molecule has 2 heterocycles. The third-order valence-electron chi connectivity index (χ3n) is 4.37. The van der Waals surface area contributed by atoms with Gasteiger partial charge in [-0.15, -0.1) is 0 Å². The molecule has 12 nitrogen and oxygen atoms in total. The van der Waals surface area contributed by atoms with E-state index in [-0.39, 0.29) is 38.0 Å². The van der Waals surface area contributed by atoms with Crippen molar-refractivity contribution in [1.29, 1.82) is 0 Å². The molecular formula is C16H24N6O6. The molecule has 28 heavy (non-hydrogen) atoms. The van der Waals surface area contributed by atoms with E-state index < -0.39 is 29.5 Å². The fraction of sp³-hybridized carbons (Fsp3) is 0.625. The summed E-state index contributed by atoms with van der Waals surface area (Å²) in [4.78, 5) is 71.3. The second-order valence-electron chi connectivity index (χ2n) is 6.50. The number of nitrogens with one attached hydrogen (secondary N) is 2. The molecule has 2 saturated heterocycles. The summed E-state index contributed by atoms with van der Waals surface area (Å²) in [5.74, 6) is 1.78. The first-order valence-electron chi connectivity index (χ1n) is 9.15. The zero-order chi connectivity index (χ0) is 20.7. The molecule has 0 aromatic carbocycles. The molecular weight excluding hydrogens is 372 g/mol. The highest BCUT2D eigenvalue weighted by molar-refractivity contribution is 6.04. The highest BCUT2D eigenvalue weighted by Gasteiger charge is 2.44. The highest BCUT2D eigenvalue weighted by atomic mass is 16.3. The van der Waals surface area contributed by atoms with Crippen LogP contribution in [0.3, 0.4) is 0 Å². The molecule has 0 saturated carbocycles. The summed E-state index contributed by atoms with van der Waals surface area (Å²) in [5.41, 5.74) is 4.36. The van der Waals surface area contributed by atoms with Gasteiger partial charge in [0.25, 0.3) is 0 Å². The maximum Gasteiger partial charge on any atom is 0.247 e. The van der Waals surface area contributed by atoms with E-state index in [1.54, 1.807) is 0 Å². The molecule has 0 atom stereocenters. The van der Waals surface area contributed by atoms with Crippen LogP contribution in [0.15, 0.2) is 0 Å². The van der Waals surface area contributed by atoms with Crippen LogP contribution < -0.4 is 16.7 Å². The Morgan fingerprint density at radius 1 is 0.750 bits per heavy atom. The Bertz CT molecular complexity index is 613. The normalized spacial score (nSPS) is 17.1. The summed E-state index contributed by atoms with van der Waals surface area (Å²) in [6, 6.07) is 0. The Balaban J connectivity index is 1.90. The molecule has 0 unspecified atom stereocenters. The average Bonchev–Trinajstić information content (AvgIpc) is 3.17. The van der Waals surface area contributed by atoms with Crippen LogP contribution in [0.25, 0.3) is 0 Å². The first-order chi connectivity index (χ1) is 13.3. The molecule has 4 N–H and O–H groups in total. The van der Waals surface area contributed by atoms with E-state index in [1.807, 2.05) is 5.43 Å². The van der Waals surface area contributed by atoms with E-state index in [9.17, 15) is 28.8 Å². The van der Waals surface area contributed by atoms with Crippen molar-refractivity contribution in [3.63, 3.8) is 0 Å². The lowest BCUT2D eigenvalue weighted by atomic mass is 10.1. The molecule has 0 bridgehead atoms. The zero-order valence-electron chi connectivity index (χ0n) is 15.4. The lowest BCUT2D eigenvalue weighted by molar-refractivity contribution is -0.211. The van der Waals surface area contributed by atoms with Gasteiger partial charge in [0.2, 0.25) is 35.4 Å². The van der Waals surface area contributed by atoms with E-state index in [0.717, 1.165) is 6.42 Å². The number of nitrogens with zero attached hydrogens (tertiary/aromatic N) is 3. The Kier molecular flexibility index (Phi) is 7.58. The number of hydrogen-bond acceptors (Lipinski definition) is 8. The molecule has 0 aromatic rings. The van der Waals surface area contributed by atoms with Gasteiger partial charge >= 0.3 is 0 Å². The van der Waals surface area contributed by atoms with Crippen LogP contribution in [0.2, 0.25) is 0 Å². The molecule has 0 aliphatic carbocycles. The summed E-state index contributed by atoms with van der Waals surface area (Å²) in [7, 11) is 0. The number of nitrogens with two attached hydrogens (primary N) is 1. The second kappa shape index (κ2) is 9.90. The third-order valence-corrected chi connectivity index (χ3v) is 4.37. The maximum absolute atomic E-state index is 12.2. The quantitative estimate of drug-likeness (QED) is 0.136. The van der Waals surface area contributed by atoms with E-state index in [0.29, 0.717) is 40.9 Å². The van der Waals surface area contributed by atoms with Crippen LogP contribution in [0.1, 0.15) is 64.2 Å². The van der Waals surface area contributed by atoms with Gasteiger partial charge in [0.1, 0.15) is 0 Å². The van der Waals surface area contributed by atoms with Crippen LogP contribution in [0.4, 0.5) is 0 Å². The third kappa shape index (κ3) is 5.33. The summed E-state index contributed by atoms with van der Waals surface area (Å²) in [6.07, 6.45) is 2.65. The number of rotatable bonds is 10. The molecule has 2 fully saturated rings. The van der Waals surface area contributed by atoms with Gasteiger partial charge in [-0.25, -0.2) is 5.84 Å². The smallest absolute Gasteiger partial charge is 0.247 e. The molecule has 2 rings (SSSR count). The van der Waals surface area contributed by atoms with Crippen molar-refractivity contribution < 1.29 is 28.8 Å². The summed E-state index contributed by atoms with van der Waals surface area (Å²) in [6.45, 7) is 0. The van der Waals surface area contributed by atoms with Gasteiger partial charge in [-0.1, -0.05) is 12.8 Å². The molecule has 0 aromatic heterocycles. The predicted molar refractivity (Wildman–Crippen MR) is 92.2 cm³/mol. The van der Waals surface area contributed by atoms with Crippen molar-refractivity contribution in [2.24, 2.45) is 5.84 Å². The van der Waals surface area contributed by atoms with E-state index in [2.05, 4.69) is 5.43 Å². The topological polar surface area (TPSA) is 162 Å². The fourth-order valence-electron chi connectivity index (χ4n) is 2.91. The minimum absolute atomic E-state index is 0.0577. The van der Waals surface area contributed by atoms with Crippen LogP contribution in [0, 0.1) is 0 Å². The molecule has 6 amide bonds. The number of carbonyl (C=O) groups excluding carboxylic acids is 6. The first-order valence-corrected chi connectivity index (χ1v) is 9.15. The van der Waals surface area contributed by atoms with E-state index >= 15 is 0 Å². The standard InChI is InChI=1S/C16H24N6O6/c17-18-11(23)5-3-1-2-4-6-12(24)19-22(20-13(25)7-8-14(20)26)21-15(27)9-10-16(21)28/h1-10,17H2,(H,18,23)(H,19,24). The lowest BCUT2D eigenvalue weighted by Gasteiger charge is -2.34. The average molecular weight is 396 g/mol. The molecule has 0 spiro atoms. The van der Waals surface area contributed by atoms with E-state index in [4.69, 9.17) is 5.84 Å². The largest absolute Gasteiger partial charge is 0.294 e. The molecule has 2 aliphatic heterocycles. The van der Waals surface area contributed by atoms with Crippen molar-refractivity contribution in [3.8, 4) is 0 Å². The predicted octanol–water partition coefficient (Wildman–Crippen LogP) is -1.22. The van der Waals surface area contributed by atoms with Gasteiger partial charge < -0.3 is 0 Å². The number of imide groups is 2. The van der Waals surface area contributed by atoms with Crippen molar-refractivity contribution in [3.05, 3.63) is 0 Å². The number of amides is 6. The number of unbranched alkanes of at least 4 members (excludes halogenated alkanes) is 3. The van der Waals surface area contributed by atoms with Crippen molar-refractivity contribution in [2.45, 2.75) is 64.2 Å². The summed E-state index contributed by atoms with van der Waals surface area (Å²) in [5, 5.41) is 1.91. The fourth-order valence-corrected chi connectivity index (χ4v) is 2.91. The number of hydrogen-bond donors (Lipinski definition) is 3. The van der Waals surface area contributed by atoms with Crippen LogP contribution >= 0.6 is 0 Å². The minimum atomic E-state index is -0.601. The maximum atomic E-state index is 12.2. The molecule has 154 valence electrons. The van der Waals surface area contributed by atoms with Crippen molar-refractivity contribution in [1.82, 2.24) is 26.1 Å². The Hall–Kier alpha value is -2.86. The Morgan fingerprint density at radius 2 is 1.14 bits per heavy atom. The number of carbonyl (C=O) groups is 6. The van der Waals surface area contributed by atoms with Gasteiger partial charge in [0, 0.05) is 38.5 Å². The van der Waals surface area contributed by atoms with Gasteiger partial charge in [-0.3, -0.25) is 39.6 Å². The zero-order valence-corrected chi connectivity index (χ0v) is 15.4. The number of hydrazine groups is 4. The summed E-state index contributed by atoms with van der Waals surface area (Å²) >= 11 is 0. The van der Waals surface area contributed by atoms with Gasteiger partial charge in [-0.05, 0) is 18.1 Å².